The zero-order valence-electron chi connectivity index (χ0n) is 15.3. The standard InChI is InChI=1S/C20H19ClN4O3/c1-12-13-4-2-6-15(21)17(13)28-16(12)20(27)25-10-8-24(9-11-25)19-14(18(22)26)5-3-7-23-19/h2-7H,8-11H2,1H3,(H2,22,26). The third-order valence-electron chi connectivity index (χ3n) is 5.03. The van der Waals surface area contributed by atoms with Gasteiger partial charge in [0.2, 0.25) is 0 Å². The fraction of sp³-hybridized carbons (Fsp3) is 0.250. The summed E-state index contributed by atoms with van der Waals surface area (Å²) in [4.78, 5) is 32.6. The number of hydrogen-bond acceptors (Lipinski definition) is 5. The number of benzene rings is 1. The fourth-order valence-electron chi connectivity index (χ4n) is 3.52. The Hall–Kier alpha value is -3.06. The Morgan fingerprint density at radius 3 is 2.57 bits per heavy atom. The molecule has 144 valence electrons. The average molecular weight is 399 g/mol. The zero-order valence-corrected chi connectivity index (χ0v) is 16.1. The van der Waals surface area contributed by atoms with Crippen LogP contribution in [0.25, 0.3) is 11.0 Å². The Kier molecular flexibility index (Phi) is 4.68. The van der Waals surface area contributed by atoms with E-state index in [1.807, 2.05) is 24.0 Å². The number of aromatic nitrogens is 1. The molecule has 4 rings (SSSR count). The quantitative estimate of drug-likeness (QED) is 0.732. The van der Waals surface area contributed by atoms with Gasteiger partial charge in [-0.2, -0.15) is 0 Å². The van der Waals surface area contributed by atoms with Crippen LogP contribution in [0.15, 0.2) is 40.9 Å². The van der Waals surface area contributed by atoms with E-state index in [2.05, 4.69) is 4.98 Å². The Morgan fingerprint density at radius 2 is 1.89 bits per heavy atom. The number of anilines is 1. The molecule has 1 saturated heterocycles. The molecule has 1 aliphatic heterocycles. The summed E-state index contributed by atoms with van der Waals surface area (Å²) >= 11 is 6.19. The molecule has 2 N–H and O–H groups in total. The first-order valence-electron chi connectivity index (χ1n) is 8.94. The number of nitrogens with zero attached hydrogens (tertiary/aromatic N) is 3. The largest absolute Gasteiger partial charge is 0.449 e. The number of aryl methyl sites for hydroxylation is 1. The summed E-state index contributed by atoms with van der Waals surface area (Å²) in [5.41, 5.74) is 7.14. The minimum absolute atomic E-state index is 0.166. The number of rotatable bonds is 3. The van der Waals surface area contributed by atoms with Crippen molar-refractivity contribution in [3.63, 3.8) is 0 Å². The van der Waals surface area contributed by atoms with Crippen LogP contribution in [0.1, 0.15) is 26.5 Å². The Morgan fingerprint density at radius 1 is 1.14 bits per heavy atom. The summed E-state index contributed by atoms with van der Waals surface area (Å²) < 4.78 is 5.80. The van der Waals surface area contributed by atoms with Crippen LogP contribution in [0.3, 0.4) is 0 Å². The van der Waals surface area contributed by atoms with E-state index in [1.165, 1.54) is 0 Å². The lowest BCUT2D eigenvalue weighted by atomic mass is 10.1. The van der Waals surface area contributed by atoms with Gasteiger partial charge in [-0.05, 0) is 25.1 Å². The van der Waals surface area contributed by atoms with Gasteiger partial charge in [0.25, 0.3) is 11.8 Å². The highest BCUT2D eigenvalue weighted by atomic mass is 35.5. The maximum Gasteiger partial charge on any atom is 0.290 e. The number of primary amides is 1. The van der Waals surface area contributed by atoms with Gasteiger partial charge in [0.15, 0.2) is 11.3 Å². The number of piperazine rings is 1. The van der Waals surface area contributed by atoms with Gasteiger partial charge in [0.05, 0.1) is 10.6 Å². The van der Waals surface area contributed by atoms with Gasteiger partial charge in [-0.3, -0.25) is 9.59 Å². The van der Waals surface area contributed by atoms with Gasteiger partial charge in [0.1, 0.15) is 5.82 Å². The molecule has 1 aliphatic rings. The predicted molar refractivity (Wildman–Crippen MR) is 107 cm³/mol. The van der Waals surface area contributed by atoms with E-state index >= 15 is 0 Å². The van der Waals surface area contributed by atoms with Crippen molar-refractivity contribution < 1.29 is 14.0 Å². The smallest absolute Gasteiger partial charge is 0.290 e. The van der Waals surface area contributed by atoms with E-state index in [4.69, 9.17) is 21.8 Å². The number of halogens is 1. The zero-order chi connectivity index (χ0) is 19.8. The SMILES string of the molecule is Cc1c(C(=O)N2CCN(c3ncccc3C(N)=O)CC2)oc2c(Cl)cccc12. The number of hydrogen-bond donors (Lipinski definition) is 1. The Labute approximate surface area is 166 Å². The van der Waals surface area contributed by atoms with Crippen LogP contribution in [0.2, 0.25) is 5.02 Å². The van der Waals surface area contributed by atoms with E-state index < -0.39 is 5.91 Å². The lowest BCUT2D eigenvalue weighted by Gasteiger charge is -2.35. The van der Waals surface area contributed by atoms with Crippen molar-refractivity contribution in [1.82, 2.24) is 9.88 Å². The van der Waals surface area contributed by atoms with Crippen molar-refractivity contribution >= 4 is 40.2 Å². The van der Waals surface area contributed by atoms with Crippen molar-refractivity contribution in [1.29, 1.82) is 0 Å². The molecule has 0 aliphatic carbocycles. The molecule has 0 bridgehead atoms. The van der Waals surface area contributed by atoms with Crippen LogP contribution in [0.4, 0.5) is 5.82 Å². The summed E-state index contributed by atoms with van der Waals surface area (Å²) in [6, 6.07) is 8.80. The lowest BCUT2D eigenvalue weighted by molar-refractivity contribution is 0.0715. The maximum atomic E-state index is 13.0. The molecule has 28 heavy (non-hydrogen) atoms. The first-order chi connectivity index (χ1) is 13.5. The number of pyridine rings is 1. The van der Waals surface area contributed by atoms with Crippen LogP contribution >= 0.6 is 11.6 Å². The fourth-order valence-corrected chi connectivity index (χ4v) is 3.73. The monoisotopic (exact) mass is 398 g/mol. The van der Waals surface area contributed by atoms with Crippen LogP contribution < -0.4 is 10.6 Å². The number of carbonyl (C=O) groups excluding carboxylic acids is 2. The van der Waals surface area contributed by atoms with Crippen molar-refractivity contribution in [2.75, 3.05) is 31.1 Å². The van der Waals surface area contributed by atoms with E-state index in [0.29, 0.717) is 53.9 Å². The predicted octanol–water partition coefficient (Wildman–Crippen LogP) is 2.85. The molecule has 0 unspecified atom stereocenters. The molecule has 0 saturated carbocycles. The molecular formula is C20H19ClN4O3. The Bertz CT molecular complexity index is 1070. The molecule has 0 radical (unpaired) electrons. The molecule has 0 atom stereocenters. The van der Waals surface area contributed by atoms with Gasteiger partial charge in [-0.15, -0.1) is 0 Å². The number of nitrogens with two attached hydrogens (primary N) is 1. The van der Waals surface area contributed by atoms with Crippen LogP contribution in [-0.2, 0) is 0 Å². The second-order valence-corrected chi connectivity index (χ2v) is 7.10. The second kappa shape index (κ2) is 7.16. The number of para-hydroxylation sites is 1. The molecule has 1 fully saturated rings. The number of furan rings is 1. The van der Waals surface area contributed by atoms with Crippen molar-refractivity contribution in [2.24, 2.45) is 5.73 Å². The van der Waals surface area contributed by atoms with Crippen molar-refractivity contribution in [3.05, 3.63) is 58.4 Å². The molecule has 2 aromatic heterocycles. The van der Waals surface area contributed by atoms with Crippen molar-refractivity contribution in [3.8, 4) is 0 Å². The number of carbonyl (C=O) groups is 2. The highest BCUT2D eigenvalue weighted by Gasteiger charge is 2.28. The van der Waals surface area contributed by atoms with Gasteiger partial charge in [-0.25, -0.2) is 4.98 Å². The highest BCUT2D eigenvalue weighted by molar-refractivity contribution is 6.35. The molecule has 8 heteroatoms. The number of amides is 2. The molecular weight excluding hydrogens is 380 g/mol. The van der Waals surface area contributed by atoms with Crippen molar-refractivity contribution in [2.45, 2.75) is 6.92 Å². The minimum atomic E-state index is -0.517. The van der Waals surface area contributed by atoms with Gasteiger partial charge in [-0.1, -0.05) is 23.7 Å². The molecule has 2 amide bonds. The minimum Gasteiger partial charge on any atom is -0.449 e. The third kappa shape index (κ3) is 3.07. The van der Waals surface area contributed by atoms with Gasteiger partial charge in [0, 0.05) is 43.3 Å². The number of fused-ring (bicyclic) bond motifs is 1. The molecule has 0 spiro atoms. The first kappa shape index (κ1) is 18.3. The van der Waals surface area contributed by atoms with E-state index in [1.54, 1.807) is 29.3 Å². The Balaban J connectivity index is 1.53. The lowest BCUT2D eigenvalue weighted by Crippen LogP contribution is -2.49. The first-order valence-corrected chi connectivity index (χ1v) is 9.32. The third-order valence-corrected chi connectivity index (χ3v) is 5.33. The van der Waals surface area contributed by atoms with Gasteiger partial charge < -0.3 is 20.0 Å². The molecule has 1 aromatic carbocycles. The van der Waals surface area contributed by atoms with E-state index in [9.17, 15) is 9.59 Å². The summed E-state index contributed by atoms with van der Waals surface area (Å²) in [6.45, 7) is 3.92. The van der Waals surface area contributed by atoms with E-state index in [0.717, 1.165) is 10.9 Å². The average Bonchev–Trinajstić information content (AvgIpc) is 3.05. The topological polar surface area (TPSA) is 92.7 Å². The second-order valence-electron chi connectivity index (χ2n) is 6.69. The summed E-state index contributed by atoms with van der Waals surface area (Å²) in [6.07, 6.45) is 1.63. The summed E-state index contributed by atoms with van der Waals surface area (Å²) in [5, 5.41) is 1.33. The molecule has 3 aromatic rings. The normalized spacial score (nSPS) is 14.5. The van der Waals surface area contributed by atoms with Crippen LogP contribution in [0.5, 0.6) is 0 Å². The highest BCUT2D eigenvalue weighted by Crippen LogP contribution is 2.31. The van der Waals surface area contributed by atoms with E-state index in [-0.39, 0.29) is 5.91 Å². The molecule has 7 nitrogen and oxygen atoms in total. The van der Waals surface area contributed by atoms with Gasteiger partial charge >= 0.3 is 0 Å². The van der Waals surface area contributed by atoms with Crippen LogP contribution in [-0.4, -0.2) is 47.9 Å². The summed E-state index contributed by atoms with van der Waals surface area (Å²) in [7, 11) is 0. The van der Waals surface area contributed by atoms with Crippen LogP contribution in [0, 0.1) is 6.92 Å². The summed E-state index contributed by atoms with van der Waals surface area (Å²) in [5.74, 6) is 0.179. The maximum absolute atomic E-state index is 13.0. The molecule has 3 heterocycles.